The molecule has 0 aromatic rings. The maximum atomic E-state index is 10.7. The number of carbonyl (C=O) groups excluding carboxylic acids is 1. The molecule has 0 aromatic carbocycles. The average molecular weight is 153 g/mol. The fourth-order valence-electron chi connectivity index (χ4n) is 0.718. The molecule has 0 fully saturated rings. The second-order valence-corrected chi connectivity index (χ2v) is 2.37. The molecule has 11 heavy (non-hydrogen) atoms. The van der Waals surface area contributed by atoms with Gasteiger partial charge in [0.2, 0.25) is 0 Å². The molecule has 0 rings (SSSR count). The highest BCUT2D eigenvalue weighted by Gasteiger charge is 1.95. The summed E-state index contributed by atoms with van der Waals surface area (Å²) in [7, 11) is 0. The molecule has 0 amide bonds. The average Bonchev–Trinajstić information content (AvgIpc) is 1.97. The highest BCUT2D eigenvalue weighted by atomic mass is 16.1. The van der Waals surface area contributed by atoms with E-state index in [2.05, 4.69) is 4.99 Å². The standard InChI is InChI=1S/C9H15NO/c1-4-9(6-8(3)11)7-10-5-2/h4,7H,5-6H2,1-3H3/b9-4-,10-7-. The van der Waals surface area contributed by atoms with Crippen molar-refractivity contribution in [3.05, 3.63) is 11.6 Å². The second-order valence-electron chi connectivity index (χ2n) is 2.37. The van der Waals surface area contributed by atoms with E-state index in [4.69, 9.17) is 0 Å². The van der Waals surface area contributed by atoms with E-state index in [0.29, 0.717) is 6.42 Å². The molecule has 0 heterocycles. The van der Waals surface area contributed by atoms with Gasteiger partial charge in [0.25, 0.3) is 0 Å². The van der Waals surface area contributed by atoms with Gasteiger partial charge in [-0.2, -0.15) is 0 Å². The minimum absolute atomic E-state index is 0.181. The third kappa shape index (κ3) is 5.52. The van der Waals surface area contributed by atoms with Crippen LogP contribution in [0.15, 0.2) is 16.6 Å². The van der Waals surface area contributed by atoms with Crippen LogP contribution in [0.4, 0.5) is 0 Å². The second kappa shape index (κ2) is 5.83. The molecule has 0 atom stereocenters. The zero-order valence-corrected chi connectivity index (χ0v) is 7.42. The monoisotopic (exact) mass is 153 g/mol. The normalized spacial score (nSPS) is 12.5. The van der Waals surface area contributed by atoms with E-state index in [0.717, 1.165) is 12.1 Å². The minimum atomic E-state index is 0.181. The zero-order chi connectivity index (χ0) is 8.69. The summed E-state index contributed by atoms with van der Waals surface area (Å²) < 4.78 is 0. The van der Waals surface area contributed by atoms with Crippen molar-refractivity contribution in [3.8, 4) is 0 Å². The van der Waals surface area contributed by atoms with Gasteiger partial charge in [-0.05, 0) is 26.3 Å². The molecule has 0 aliphatic heterocycles. The maximum Gasteiger partial charge on any atom is 0.134 e. The summed E-state index contributed by atoms with van der Waals surface area (Å²) in [5.74, 6) is 0.181. The lowest BCUT2D eigenvalue weighted by Gasteiger charge is -1.94. The molecule has 0 saturated heterocycles. The van der Waals surface area contributed by atoms with Crippen LogP contribution in [0.5, 0.6) is 0 Å². The SMILES string of the molecule is C/C=C(\C=N/CC)CC(C)=O. The van der Waals surface area contributed by atoms with Crippen molar-refractivity contribution in [1.29, 1.82) is 0 Å². The Morgan fingerprint density at radius 2 is 2.18 bits per heavy atom. The van der Waals surface area contributed by atoms with Crippen LogP contribution in [0.2, 0.25) is 0 Å². The van der Waals surface area contributed by atoms with Crippen molar-refractivity contribution in [2.24, 2.45) is 4.99 Å². The summed E-state index contributed by atoms with van der Waals surface area (Å²) in [5, 5.41) is 0. The van der Waals surface area contributed by atoms with Gasteiger partial charge in [0.1, 0.15) is 5.78 Å². The Morgan fingerprint density at radius 1 is 1.55 bits per heavy atom. The number of aliphatic imine (C=N–C) groups is 1. The van der Waals surface area contributed by atoms with Gasteiger partial charge < -0.3 is 0 Å². The van der Waals surface area contributed by atoms with Crippen LogP contribution in [0.1, 0.15) is 27.2 Å². The van der Waals surface area contributed by atoms with Crippen LogP contribution >= 0.6 is 0 Å². The summed E-state index contributed by atoms with van der Waals surface area (Å²) in [6, 6.07) is 0. The molecule has 0 unspecified atom stereocenters. The highest BCUT2D eigenvalue weighted by molar-refractivity contribution is 5.89. The van der Waals surface area contributed by atoms with Gasteiger partial charge in [-0.15, -0.1) is 0 Å². The first-order valence-corrected chi connectivity index (χ1v) is 3.85. The molecule has 0 radical (unpaired) electrons. The number of allylic oxidation sites excluding steroid dienone is 2. The van der Waals surface area contributed by atoms with Crippen molar-refractivity contribution >= 4 is 12.0 Å². The molecule has 0 aliphatic carbocycles. The van der Waals surface area contributed by atoms with Crippen molar-refractivity contribution in [2.45, 2.75) is 27.2 Å². The first-order valence-electron chi connectivity index (χ1n) is 3.85. The first-order chi connectivity index (χ1) is 5.20. The summed E-state index contributed by atoms with van der Waals surface area (Å²) in [6.07, 6.45) is 4.18. The summed E-state index contributed by atoms with van der Waals surface area (Å²) in [6.45, 7) is 6.25. The van der Waals surface area contributed by atoms with E-state index in [1.165, 1.54) is 0 Å². The Hall–Kier alpha value is -0.920. The maximum absolute atomic E-state index is 10.7. The zero-order valence-electron chi connectivity index (χ0n) is 7.42. The van der Waals surface area contributed by atoms with Gasteiger partial charge in [0.05, 0.1) is 0 Å². The van der Waals surface area contributed by atoms with Crippen LogP contribution in [-0.4, -0.2) is 18.5 Å². The van der Waals surface area contributed by atoms with Gasteiger partial charge in [-0.25, -0.2) is 0 Å². The highest BCUT2D eigenvalue weighted by Crippen LogP contribution is 1.98. The number of hydrogen-bond donors (Lipinski definition) is 0. The van der Waals surface area contributed by atoms with Crippen LogP contribution < -0.4 is 0 Å². The predicted molar refractivity (Wildman–Crippen MR) is 48.1 cm³/mol. The van der Waals surface area contributed by atoms with Crippen molar-refractivity contribution in [3.63, 3.8) is 0 Å². The van der Waals surface area contributed by atoms with Crippen molar-refractivity contribution in [2.75, 3.05) is 6.54 Å². The number of rotatable bonds is 4. The van der Waals surface area contributed by atoms with Gasteiger partial charge in [0.15, 0.2) is 0 Å². The van der Waals surface area contributed by atoms with Crippen molar-refractivity contribution in [1.82, 2.24) is 0 Å². The van der Waals surface area contributed by atoms with Gasteiger partial charge in [-0.1, -0.05) is 6.08 Å². The molecule has 0 aromatic heterocycles. The molecule has 62 valence electrons. The van der Waals surface area contributed by atoms with Gasteiger partial charge in [0, 0.05) is 19.2 Å². The number of nitrogens with zero attached hydrogens (tertiary/aromatic N) is 1. The van der Waals surface area contributed by atoms with Crippen LogP contribution in [0.3, 0.4) is 0 Å². The number of carbonyl (C=O) groups is 1. The Morgan fingerprint density at radius 3 is 2.55 bits per heavy atom. The largest absolute Gasteiger partial charge is 0.300 e. The fraction of sp³-hybridized carbons (Fsp3) is 0.556. The van der Waals surface area contributed by atoms with E-state index < -0.39 is 0 Å². The van der Waals surface area contributed by atoms with E-state index in [1.54, 1.807) is 13.1 Å². The molecular weight excluding hydrogens is 138 g/mol. The molecule has 2 nitrogen and oxygen atoms in total. The summed E-state index contributed by atoms with van der Waals surface area (Å²) >= 11 is 0. The number of Topliss-reactive ketones (excluding diaryl/α,β-unsaturated/α-hetero) is 1. The third-order valence-corrected chi connectivity index (χ3v) is 1.26. The quantitative estimate of drug-likeness (QED) is 0.568. The summed E-state index contributed by atoms with van der Waals surface area (Å²) in [4.78, 5) is 14.7. The first kappa shape index (κ1) is 10.1. The molecular formula is C9H15NO. The Balaban J connectivity index is 3.98. The summed E-state index contributed by atoms with van der Waals surface area (Å²) in [5.41, 5.74) is 0.999. The predicted octanol–water partition coefficient (Wildman–Crippen LogP) is 2.00. The lowest BCUT2D eigenvalue weighted by Crippen LogP contribution is -1.94. The Bertz CT molecular complexity index is 180. The van der Waals surface area contributed by atoms with E-state index in [1.807, 2.05) is 19.9 Å². The molecule has 0 N–H and O–H groups in total. The smallest absolute Gasteiger partial charge is 0.134 e. The van der Waals surface area contributed by atoms with Crippen LogP contribution in [0, 0.1) is 0 Å². The molecule has 0 spiro atoms. The topological polar surface area (TPSA) is 29.4 Å². The fourth-order valence-corrected chi connectivity index (χ4v) is 0.718. The Labute approximate surface area is 68.0 Å². The molecule has 0 bridgehead atoms. The lowest BCUT2D eigenvalue weighted by molar-refractivity contribution is -0.116. The third-order valence-electron chi connectivity index (χ3n) is 1.26. The Kier molecular flexibility index (Phi) is 5.35. The van der Waals surface area contributed by atoms with Crippen molar-refractivity contribution < 1.29 is 4.79 Å². The van der Waals surface area contributed by atoms with Crippen LogP contribution in [0.25, 0.3) is 0 Å². The number of ketones is 1. The molecule has 0 aliphatic rings. The lowest BCUT2D eigenvalue weighted by atomic mass is 10.1. The van der Waals surface area contributed by atoms with Gasteiger partial charge in [-0.3, -0.25) is 9.79 Å². The number of hydrogen-bond acceptors (Lipinski definition) is 2. The van der Waals surface area contributed by atoms with E-state index in [9.17, 15) is 4.79 Å². The van der Waals surface area contributed by atoms with Gasteiger partial charge >= 0.3 is 0 Å². The van der Waals surface area contributed by atoms with Crippen LogP contribution in [-0.2, 0) is 4.79 Å². The van der Waals surface area contributed by atoms with E-state index in [-0.39, 0.29) is 5.78 Å². The minimum Gasteiger partial charge on any atom is -0.300 e. The molecule has 2 heteroatoms. The molecule has 0 saturated carbocycles. The van der Waals surface area contributed by atoms with E-state index >= 15 is 0 Å².